The van der Waals surface area contributed by atoms with E-state index in [2.05, 4.69) is 4.90 Å². The first-order valence-electron chi connectivity index (χ1n) is 8.49. The van der Waals surface area contributed by atoms with E-state index in [4.69, 9.17) is 13.9 Å². The van der Waals surface area contributed by atoms with Crippen LogP contribution in [0.3, 0.4) is 0 Å². The van der Waals surface area contributed by atoms with E-state index in [0.29, 0.717) is 26.3 Å². The van der Waals surface area contributed by atoms with E-state index < -0.39 is 0 Å². The first-order chi connectivity index (χ1) is 11.2. The molecular weight excluding hydrogens is 296 g/mol. The third kappa shape index (κ3) is 3.16. The molecule has 0 spiro atoms. The van der Waals surface area contributed by atoms with Gasteiger partial charge >= 0.3 is 0 Å². The summed E-state index contributed by atoms with van der Waals surface area (Å²) < 4.78 is 17.1. The van der Waals surface area contributed by atoms with Crippen molar-refractivity contribution < 1.29 is 18.7 Å². The van der Waals surface area contributed by atoms with Gasteiger partial charge in [-0.15, -0.1) is 0 Å². The summed E-state index contributed by atoms with van der Waals surface area (Å²) in [4.78, 5) is 17.1. The molecule has 23 heavy (non-hydrogen) atoms. The molecule has 1 amide bonds. The van der Waals surface area contributed by atoms with Crippen molar-refractivity contribution in [1.82, 2.24) is 9.80 Å². The van der Waals surface area contributed by atoms with Gasteiger partial charge in [0.2, 0.25) is 5.91 Å². The molecule has 1 aromatic heterocycles. The van der Waals surface area contributed by atoms with Crippen LogP contribution in [0.4, 0.5) is 0 Å². The minimum Gasteiger partial charge on any atom is -0.465 e. The number of hydrogen-bond acceptors (Lipinski definition) is 5. The molecule has 6 heteroatoms. The highest BCUT2D eigenvalue weighted by Gasteiger charge is 2.46. The van der Waals surface area contributed by atoms with E-state index in [-0.39, 0.29) is 24.0 Å². The molecule has 0 aliphatic carbocycles. The number of aryl methyl sites for hydroxylation is 1. The van der Waals surface area contributed by atoms with Crippen molar-refractivity contribution in [1.29, 1.82) is 0 Å². The number of rotatable bonds is 3. The van der Waals surface area contributed by atoms with Crippen molar-refractivity contribution >= 4 is 5.91 Å². The molecule has 126 valence electrons. The number of furan rings is 1. The number of morpholine rings is 2. The smallest absolute Gasteiger partial charge is 0.228 e. The number of amides is 1. The Hall–Kier alpha value is -1.37. The number of ether oxygens (including phenoxy) is 2. The van der Waals surface area contributed by atoms with Gasteiger partial charge in [0.25, 0.3) is 0 Å². The lowest BCUT2D eigenvalue weighted by molar-refractivity contribution is -0.142. The summed E-state index contributed by atoms with van der Waals surface area (Å²) in [6.07, 6.45) is 1.02. The van der Waals surface area contributed by atoms with Gasteiger partial charge in [-0.3, -0.25) is 9.69 Å². The minimum absolute atomic E-state index is 0.00133. The van der Waals surface area contributed by atoms with Gasteiger partial charge in [0, 0.05) is 26.2 Å². The van der Waals surface area contributed by atoms with Gasteiger partial charge in [0.1, 0.15) is 11.5 Å². The van der Waals surface area contributed by atoms with Crippen molar-refractivity contribution in [2.24, 2.45) is 5.92 Å². The Kier molecular flexibility index (Phi) is 4.13. The highest BCUT2D eigenvalue weighted by molar-refractivity contribution is 5.80. The van der Waals surface area contributed by atoms with Gasteiger partial charge < -0.3 is 18.8 Å². The van der Waals surface area contributed by atoms with Crippen LogP contribution in [0.5, 0.6) is 0 Å². The third-order valence-electron chi connectivity index (χ3n) is 5.05. The number of likely N-dealkylation sites (tertiary alicyclic amines) is 1. The summed E-state index contributed by atoms with van der Waals surface area (Å²) in [6, 6.07) is 4.03. The van der Waals surface area contributed by atoms with Crippen LogP contribution in [-0.4, -0.2) is 67.3 Å². The Morgan fingerprint density at radius 1 is 1.26 bits per heavy atom. The first kappa shape index (κ1) is 15.2. The molecule has 0 saturated carbocycles. The Balaban J connectivity index is 1.39. The first-order valence-corrected chi connectivity index (χ1v) is 8.49. The molecule has 2 bridgehead atoms. The lowest BCUT2D eigenvalue weighted by atomic mass is 9.98. The van der Waals surface area contributed by atoms with Crippen LogP contribution < -0.4 is 0 Å². The lowest BCUT2D eigenvalue weighted by Crippen LogP contribution is -2.48. The van der Waals surface area contributed by atoms with E-state index in [9.17, 15) is 4.79 Å². The summed E-state index contributed by atoms with van der Waals surface area (Å²) >= 11 is 0. The highest BCUT2D eigenvalue weighted by Crippen LogP contribution is 2.34. The highest BCUT2D eigenvalue weighted by atomic mass is 16.5. The van der Waals surface area contributed by atoms with Crippen LogP contribution >= 0.6 is 0 Å². The second-order valence-electron chi connectivity index (χ2n) is 6.78. The standard InChI is InChI=1S/C17H24N2O4/c1-12-2-3-13(22-12)9-18-10-14-8-15(16(11-18)23-14)17(20)19-4-6-21-7-5-19/h2-3,14-16H,4-11H2,1H3. The van der Waals surface area contributed by atoms with Crippen molar-refractivity contribution in [3.8, 4) is 0 Å². The largest absolute Gasteiger partial charge is 0.465 e. The predicted molar refractivity (Wildman–Crippen MR) is 82.9 cm³/mol. The Labute approximate surface area is 136 Å². The lowest BCUT2D eigenvalue weighted by Gasteiger charge is -2.33. The summed E-state index contributed by atoms with van der Waals surface area (Å²) in [5, 5.41) is 0. The minimum atomic E-state index is 0.00133. The predicted octanol–water partition coefficient (Wildman–Crippen LogP) is 1.04. The number of hydrogen-bond donors (Lipinski definition) is 0. The van der Waals surface area contributed by atoms with E-state index in [1.165, 1.54) is 0 Å². The summed E-state index contributed by atoms with van der Waals surface area (Å²) in [6.45, 7) is 7.16. The summed E-state index contributed by atoms with van der Waals surface area (Å²) in [7, 11) is 0. The van der Waals surface area contributed by atoms with Crippen LogP contribution in [0.25, 0.3) is 0 Å². The van der Waals surface area contributed by atoms with E-state index in [0.717, 1.165) is 37.6 Å². The normalized spacial score (nSPS) is 31.5. The number of fused-ring (bicyclic) bond motifs is 2. The molecule has 3 aliphatic heterocycles. The molecule has 3 aliphatic rings. The van der Waals surface area contributed by atoms with E-state index in [1.807, 2.05) is 24.0 Å². The van der Waals surface area contributed by atoms with Gasteiger partial charge in [0.05, 0.1) is 37.9 Å². The Morgan fingerprint density at radius 3 is 2.83 bits per heavy atom. The van der Waals surface area contributed by atoms with Crippen molar-refractivity contribution in [2.45, 2.75) is 32.1 Å². The molecule has 3 unspecified atom stereocenters. The number of nitrogens with zero attached hydrogens (tertiary/aromatic N) is 2. The second-order valence-corrected chi connectivity index (χ2v) is 6.78. The van der Waals surface area contributed by atoms with Gasteiger partial charge in [0.15, 0.2) is 0 Å². The van der Waals surface area contributed by atoms with Crippen molar-refractivity contribution in [3.63, 3.8) is 0 Å². The maximum atomic E-state index is 12.8. The molecule has 6 nitrogen and oxygen atoms in total. The molecule has 1 aromatic rings. The van der Waals surface area contributed by atoms with Gasteiger partial charge in [-0.05, 0) is 25.5 Å². The van der Waals surface area contributed by atoms with Crippen LogP contribution in [0.1, 0.15) is 17.9 Å². The van der Waals surface area contributed by atoms with Gasteiger partial charge in [-0.2, -0.15) is 0 Å². The maximum absolute atomic E-state index is 12.8. The molecule has 4 heterocycles. The Bertz CT molecular complexity index is 567. The number of carbonyl (C=O) groups excluding carboxylic acids is 1. The molecule has 0 aromatic carbocycles. The van der Waals surface area contributed by atoms with Crippen LogP contribution in [0, 0.1) is 12.8 Å². The summed E-state index contributed by atoms with van der Waals surface area (Å²) in [5.41, 5.74) is 0. The fourth-order valence-corrected chi connectivity index (χ4v) is 3.94. The number of carbonyl (C=O) groups is 1. The zero-order valence-electron chi connectivity index (χ0n) is 13.6. The van der Waals surface area contributed by atoms with Crippen molar-refractivity contribution in [3.05, 3.63) is 23.7 Å². The Morgan fingerprint density at radius 2 is 2.09 bits per heavy atom. The second kappa shape index (κ2) is 6.26. The molecule has 3 atom stereocenters. The molecule has 0 N–H and O–H groups in total. The SMILES string of the molecule is Cc1ccc(CN2CC3CC(C(=O)N4CCOCC4)C(C2)O3)o1. The van der Waals surface area contributed by atoms with Crippen molar-refractivity contribution in [2.75, 3.05) is 39.4 Å². The molecule has 0 radical (unpaired) electrons. The fraction of sp³-hybridized carbons (Fsp3) is 0.706. The monoisotopic (exact) mass is 320 g/mol. The van der Waals surface area contributed by atoms with Crippen LogP contribution in [0.2, 0.25) is 0 Å². The maximum Gasteiger partial charge on any atom is 0.228 e. The van der Waals surface area contributed by atoms with E-state index >= 15 is 0 Å². The van der Waals surface area contributed by atoms with Gasteiger partial charge in [-0.25, -0.2) is 0 Å². The molecule has 4 rings (SSSR count). The third-order valence-corrected chi connectivity index (χ3v) is 5.05. The molecule has 3 saturated heterocycles. The average molecular weight is 320 g/mol. The summed E-state index contributed by atoms with van der Waals surface area (Å²) in [5.74, 6) is 2.18. The van der Waals surface area contributed by atoms with Crippen LogP contribution in [-0.2, 0) is 20.8 Å². The zero-order chi connectivity index (χ0) is 15.8. The van der Waals surface area contributed by atoms with Crippen LogP contribution in [0.15, 0.2) is 16.5 Å². The zero-order valence-corrected chi connectivity index (χ0v) is 13.6. The van der Waals surface area contributed by atoms with E-state index in [1.54, 1.807) is 0 Å². The molecular formula is C17H24N2O4. The fourth-order valence-electron chi connectivity index (χ4n) is 3.94. The van der Waals surface area contributed by atoms with Gasteiger partial charge in [-0.1, -0.05) is 0 Å². The topological polar surface area (TPSA) is 55.2 Å². The quantitative estimate of drug-likeness (QED) is 0.833. The average Bonchev–Trinajstić information content (AvgIpc) is 3.10. The molecule has 3 fully saturated rings.